The van der Waals surface area contributed by atoms with E-state index in [1.165, 1.54) is 24.3 Å². The van der Waals surface area contributed by atoms with E-state index >= 15 is 0 Å². The summed E-state index contributed by atoms with van der Waals surface area (Å²) in [6.07, 6.45) is 4.33. The number of carbonyl (C=O) groups is 1. The molecule has 0 spiro atoms. The monoisotopic (exact) mass is 357 g/mol. The molecule has 2 heterocycles. The number of nitrogens with zero attached hydrogens (tertiary/aromatic N) is 1. The molecule has 138 valence electrons. The highest BCUT2D eigenvalue weighted by Gasteiger charge is 2.22. The van der Waals surface area contributed by atoms with Crippen molar-refractivity contribution in [1.29, 1.82) is 0 Å². The number of aromatic nitrogens is 1. The van der Waals surface area contributed by atoms with E-state index in [9.17, 15) is 9.18 Å². The molecule has 1 atom stereocenters. The molecule has 0 radical (unpaired) electrons. The highest BCUT2D eigenvalue weighted by molar-refractivity contribution is 5.90. The van der Waals surface area contributed by atoms with Crippen molar-refractivity contribution in [2.24, 2.45) is 11.8 Å². The van der Waals surface area contributed by atoms with Crippen molar-refractivity contribution >= 4 is 11.6 Å². The molecule has 0 aliphatic carbocycles. The summed E-state index contributed by atoms with van der Waals surface area (Å²) in [6, 6.07) is 9.15. The van der Waals surface area contributed by atoms with Gasteiger partial charge in [0.25, 0.3) is 0 Å². The lowest BCUT2D eigenvalue weighted by Gasteiger charge is -2.27. The largest absolute Gasteiger partial charge is 0.439 e. The van der Waals surface area contributed by atoms with Gasteiger partial charge in [0.05, 0.1) is 11.9 Å². The number of piperidine rings is 1. The Bertz CT molecular complexity index is 713. The topological polar surface area (TPSA) is 63.2 Å². The van der Waals surface area contributed by atoms with Crippen LogP contribution in [0.2, 0.25) is 0 Å². The molecule has 1 saturated heterocycles. The molecule has 1 aliphatic rings. The van der Waals surface area contributed by atoms with Crippen molar-refractivity contribution in [2.45, 2.75) is 26.2 Å². The van der Waals surface area contributed by atoms with Crippen molar-refractivity contribution in [3.05, 3.63) is 48.4 Å². The van der Waals surface area contributed by atoms with Gasteiger partial charge in [0.1, 0.15) is 11.6 Å². The number of ether oxygens (including phenoxy) is 1. The zero-order chi connectivity index (χ0) is 18.4. The normalized spacial score (nSPS) is 16.1. The summed E-state index contributed by atoms with van der Waals surface area (Å²) >= 11 is 0. The van der Waals surface area contributed by atoms with Gasteiger partial charge in [-0.2, -0.15) is 0 Å². The van der Waals surface area contributed by atoms with Gasteiger partial charge in [0.15, 0.2) is 0 Å². The highest BCUT2D eigenvalue weighted by Crippen LogP contribution is 2.25. The lowest BCUT2D eigenvalue weighted by Crippen LogP contribution is -2.32. The van der Waals surface area contributed by atoms with E-state index in [2.05, 4.69) is 22.5 Å². The van der Waals surface area contributed by atoms with Crippen molar-refractivity contribution in [3.63, 3.8) is 0 Å². The first-order valence-corrected chi connectivity index (χ1v) is 9.00. The molecule has 6 heteroatoms. The Labute approximate surface area is 153 Å². The molecule has 26 heavy (non-hydrogen) atoms. The van der Waals surface area contributed by atoms with Gasteiger partial charge in [-0.05, 0) is 68.1 Å². The van der Waals surface area contributed by atoms with Crippen LogP contribution < -0.4 is 15.4 Å². The predicted octanol–water partition coefficient (Wildman–Crippen LogP) is 3.98. The number of benzene rings is 1. The third-order valence-electron chi connectivity index (χ3n) is 4.75. The predicted molar refractivity (Wildman–Crippen MR) is 98.7 cm³/mol. The fourth-order valence-corrected chi connectivity index (χ4v) is 3.22. The van der Waals surface area contributed by atoms with Gasteiger partial charge in [-0.25, -0.2) is 9.37 Å². The number of carbonyl (C=O) groups excluding carboxylic acids is 1. The summed E-state index contributed by atoms with van der Waals surface area (Å²) in [5, 5.41) is 6.24. The Balaban J connectivity index is 1.50. The van der Waals surface area contributed by atoms with Crippen LogP contribution >= 0.6 is 0 Å². The van der Waals surface area contributed by atoms with Crippen molar-refractivity contribution in [1.82, 2.24) is 10.3 Å². The molecule has 1 fully saturated rings. The first-order chi connectivity index (χ1) is 12.6. The second-order valence-corrected chi connectivity index (χ2v) is 6.76. The quantitative estimate of drug-likeness (QED) is 0.821. The van der Waals surface area contributed by atoms with Gasteiger partial charge >= 0.3 is 0 Å². The summed E-state index contributed by atoms with van der Waals surface area (Å²) in [4.78, 5) is 16.4. The lowest BCUT2D eigenvalue weighted by molar-refractivity contribution is -0.117. The second-order valence-electron chi connectivity index (χ2n) is 6.76. The van der Waals surface area contributed by atoms with E-state index < -0.39 is 0 Å². The fraction of sp³-hybridized carbons (Fsp3) is 0.400. The summed E-state index contributed by atoms with van der Waals surface area (Å²) in [6.45, 7) is 4.22. The van der Waals surface area contributed by atoms with Crippen LogP contribution in [0.4, 0.5) is 10.1 Å². The van der Waals surface area contributed by atoms with Gasteiger partial charge < -0.3 is 15.4 Å². The Morgan fingerprint density at radius 3 is 2.65 bits per heavy atom. The maximum absolute atomic E-state index is 12.9. The maximum Gasteiger partial charge on any atom is 0.224 e. The SMILES string of the molecule is CC(CC(=O)Nc1ccc(Oc2ccc(F)cc2)nc1)C1CCNCC1. The Morgan fingerprint density at radius 2 is 2.00 bits per heavy atom. The number of rotatable bonds is 6. The van der Waals surface area contributed by atoms with Crippen LogP contribution in [0.15, 0.2) is 42.6 Å². The van der Waals surface area contributed by atoms with E-state index in [1.807, 2.05) is 0 Å². The minimum Gasteiger partial charge on any atom is -0.439 e. The van der Waals surface area contributed by atoms with Gasteiger partial charge in [0.2, 0.25) is 11.8 Å². The third kappa shape index (κ3) is 5.26. The van der Waals surface area contributed by atoms with Crippen LogP contribution in [-0.2, 0) is 4.79 Å². The molecule has 3 rings (SSSR count). The fourth-order valence-electron chi connectivity index (χ4n) is 3.22. The minimum atomic E-state index is -0.318. The number of anilines is 1. The zero-order valence-corrected chi connectivity index (χ0v) is 14.9. The van der Waals surface area contributed by atoms with Crippen LogP contribution in [0, 0.1) is 17.7 Å². The molecule has 1 aromatic carbocycles. The summed E-state index contributed by atoms with van der Waals surface area (Å²) in [5.74, 6) is 1.55. The van der Waals surface area contributed by atoms with Crippen molar-refractivity contribution in [3.8, 4) is 11.6 Å². The molecule has 1 aromatic heterocycles. The third-order valence-corrected chi connectivity index (χ3v) is 4.75. The zero-order valence-electron chi connectivity index (χ0n) is 14.9. The summed E-state index contributed by atoms with van der Waals surface area (Å²) in [7, 11) is 0. The first-order valence-electron chi connectivity index (χ1n) is 9.00. The molecular weight excluding hydrogens is 333 g/mol. The highest BCUT2D eigenvalue weighted by atomic mass is 19.1. The standard InChI is InChI=1S/C20H24FN3O2/c1-14(15-8-10-22-11-9-15)12-19(25)24-17-4-7-20(23-13-17)26-18-5-2-16(21)3-6-18/h2-7,13-15,22H,8-12H2,1H3,(H,24,25). The molecule has 1 unspecified atom stereocenters. The van der Waals surface area contributed by atoms with Gasteiger partial charge in [-0.15, -0.1) is 0 Å². The molecule has 1 aliphatic heterocycles. The molecule has 0 bridgehead atoms. The van der Waals surface area contributed by atoms with Gasteiger partial charge in [-0.3, -0.25) is 4.79 Å². The molecule has 5 nitrogen and oxygen atoms in total. The number of nitrogens with one attached hydrogen (secondary N) is 2. The van der Waals surface area contributed by atoms with Crippen LogP contribution in [0.25, 0.3) is 0 Å². The maximum atomic E-state index is 12.9. The number of hydrogen-bond acceptors (Lipinski definition) is 4. The molecule has 0 saturated carbocycles. The molecule has 2 aromatic rings. The van der Waals surface area contributed by atoms with Gasteiger partial charge in [-0.1, -0.05) is 6.92 Å². The summed E-state index contributed by atoms with van der Waals surface area (Å²) in [5.41, 5.74) is 0.638. The summed E-state index contributed by atoms with van der Waals surface area (Å²) < 4.78 is 18.4. The Hall–Kier alpha value is -2.47. The van der Waals surface area contributed by atoms with Crippen molar-refractivity contribution in [2.75, 3.05) is 18.4 Å². The first kappa shape index (κ1) is 18.3. The van der Waals surface area contributed by atoms with Crippen LogP contribution in [-0.4, -0.2) is 24.0 Å². The molecular formula is C20H24FN3O2. The van der Waals surface area contributed by atoms with E-state index in [1.54, 1.807) is 18.3 Å². The lowest BCUT2D eigenvalue weighted by atomic mass is 9.84. The van der Waals surface area contributed by atoms with Gasteiger partial charge in [0, 0.05) is 12.5 Å². The Kier molecular flexibility index (Phi) is 6.17. The number of pyridine rings is 1. The van der Waals surface area contributed by atoms with E-state index in [4.69, 9.17) is 4.74 Å². The number of amides is 1. The smallest absolute Gasteiger partial charge is 0.224 e. The average Bonchev–Trinajstić information content (AvgIpc) is 2.66. The number of halogens is 1. The van der Waals surface area contributed by atoms with E-state index in [-0.39, 0.29) is 11.7 Å². The van der Waals surface area contributed by atoms with Crippen LogP contribution in [0.3, 0.4) is 0 Å². The van der Waals surface area contributed by atoms with Crippen LogP contribution in [0.5, 0.6) is 11.6 Å². The number of hydrogen-bond donors (Lipinski definition) is 2. The van der Waals surface area contributed by atoms with Crippen molar-refractivity contribution < 1.29 is 13.9 Å². The van der Waals surface area contributed by atoms with Crippen LogP contribution in [0.1, 0.15) is 26.2 Å². The Morgan fingerprint density at radius 1 is 1.27 bits per heavy atom. The minimum absolute atomic E-state index is 0.00466. The van der Waals surface area contributed by atoms with E-state index in [0.29, 0.717) is 35.6 Å². The molecule has 2 N–H and O–H groups in total. The van der Waals surface area contributed by atoms with E-state index in [0.717, 1.165) is 25.9 Å². The molecule has 1 amide bonds. The second kappa shape index (κ2) is 8.76. The average molecular weight is 357 g/mol.